The van der Waals surface area contributed by atoms with Crippen molar-refractivity contribution in [2.45, 2.75) is 6.92 Å². The van der Waals surface area contributed by atoms with Crippen LogP contribution in [0.25, 0.3) is 0 Å². The first-order valence-electron chi connectivity index (χ1n) is 4.34. The van der Waals surface area contributed by atoms with E-state index in [0.717, 1.165) is 0 Å². The number of rotatable bonds is 6. The zero-order valence-corrected chi connectivity index (χ0v) is 7.97. The molecule has 0 aliphatic rings. The van der Waals surface area contributed by atoms with Gasteiger partial charge in [0.25, 0.3) is 0 Å². The first-order chi connectivity index (χ1) is 6.86. The number of carbonyl (C=O) groups is 1. The molecule has 5 heteroatoms. The first-order valence-corrected chi connectivity index (χ1v) is 4.34. The fourth-order valence-electron chi connectivity index (χ4n) is 0.811. The second-order valence-corrected chi connectivity index (χ2v) is 2.44. The van der Waals surface area contributed by atoms with Gasteiger partial charge in [-0.2, -0.15) is 0 Å². The van der Waals surface area contributed by atoms with Crippen LogP contribution in [0.2, 0.25) is 0 Å². The van der Waals surface area contributed by atoms with Crippen LogP contribution >= 0.6 is 0 Å². The van der Waals surface area contributed by atoms with E-state index in [1.807, 2.05) is 6.92 Å². The van der Waals surface area contributed by atoms with Gasteiger partial charge in [0.1, 0.15) is 12.3 Å². The summed E-state index contributed by atoms with van der Waals surface area (Å²) in [6, 6.07) is 0. The molecule has 0 bridgehead atoms. The highest BCUT2D eigenvalue weighted by atomic mass is 16.5. The first kappa shape index (κ1) is 10.6. The molecular weight excluding hydrogens is 184 g/mol. The van der Waals surface area contributed by atoms with Crippen LogP contribution in [-0.2, 0) is 4.74 Å². The van der Waals surface area contributed by atoms with Crippen molar-refractivity contribution in [3.05, 3.63) is 18.1 Å². The lowest BCUT2D eigenvalue weighted by molar-refractivity contribution is 0.108. The zero-order valence-electron chi connectivity index (χ0n) is 7.97. The molecule has 0 spiro atoms. The minimum atomic E-state index is 0.294. The molecule has 0 saturated heterocycles. The Morgan fingerprint density at radius 1 is 1.36 bits per heavy atom. The standard InChI is InChI=1S/C9H12N2O3/c1-2-13-3-4-14-9-6-10-8(7-12)5-11-9/h5-7H,2-4H2,1H3. The maximum Gasteiger partial charge on any atom is 0.232 e. The molecule has 0 fully saturated rings. The summed E-state index contributed by atoms with van der Waals surface area (Å²) in [6.45, 7) is 3.54. The predicted molar refractivity (Wildman–Crippen MR) is 49.4 cm³/mol. The second kappa shape index (κ2) is 6.04. The maximum absolute atomic E-state index is 10.3. The van der Waals surface area contributed by atoms with Crippen molar-refractivity contribution >= 4 is 6.29 Å². The molecule has 0 N–H and O–H groups in total. The number of nitrogens with zero attached hydrogens (tertiary/aromatic N) is 2. The molecule has 0 atom stereocenters. The summed E-state index contributed by atoms with van der Waals surface area (Å²) in [4.78, 5) is 17.9. The number of hydrogen-bond donors (Lipinski definition) is 0. The zero-order chi connectivity index (χ0) is 10.2. The summed E-state index contributed by atoms with van der Waals surface area (Å²) in [7, 11) is 0. The lowest BCUT2D eigenvalue weighted by atomic mass is 10.5. The highest BCUT2D eigenvalue weighted by molar-refractivity contribution is 5.70. The summed E-state index contributed by atoms with van der Waals surface area (Å²) in [6.07, 6.45) is 3.41. The number of aromatic nitrogens is 2. The van der Waals surface area contributed by atoms with Gasteiger partial charge in [-0.15, -0.1) is 0 Å². The third-order valence-corrected chi connectivity index (χ3v) is 1.45. The fourth-order valence-corrected chi connectivity index (χ4v) is 0.811. The van der Waals surface area contributed by atoms with Crippen LogP contribution < -0.4 is 4.74 Å². The molecule has 1 rings (SSSR count). The molecular formula is C9H12N2O3. The molecule has 0 amide bonds. The van der Waals surface area contributed by atoms with Crippen molar-refractivity contribution in [1.82, 2.24) is 9.97 Å². The van der Waals surface area contributed by atoms with Crippen molar-refractivity contribution in [3.63, 3.8) is 0 Å². The number of carbonyl (C=O) groups excluding carboxylic acids is 1. The lowest BCUT2D eigenvalue weighted by Crippen LogP contribution is -2.07. The van der Waals surface area contributed by atoms with Gasteiger partial charge in [-0.25, -0.2) is 9.97 Å². The van der Waals surface area contributed by atoms with E-state index in [4.69, 9.17) is 9.47 Å². The highest BCUT2D eigenvalue weighted by Crippen LogP contribution is 2.02. The molecule has 1 aromatic rings. The lowest BCUT2D eigenvalue weighted by Gasteiger charge is -2.03. The van der Waals surface area contributed by atoms with Gasteiger partial charge in [-0.05, 0) is 6.92 Å². The molecule has 1 aromatic heterocycles. The molecule has 0 radical (unpaired) electrons. The second-order valence-electron chi connectivity index (χ2n) is 2.44. The van der Waals surface area contributed by atoms with Crippen LogP contribution in [0.1, 0.15) is 17.4 Å². The average Bonchev–Trinajstić information content (AvgIpc) is 2.25. The van der Waals surface area contributed by atoms with Crippen LogP contribution in [0.4, 0.5) is 0 Å². The van der Waals surface area contributed by atoms with Crippen LogP contribution in [0.3, 0.4) is 0 Å². The minimum absolute atomic E-state index is 0.294. The number of aldehydes is 1. The van der Waals surface area contributed by atoms with Gasteiger partial charge >= 0.3 is 0 Å². The summed E-state index contributed by atoms with van der Waals surface area (Å²) >= 11 is 0. The Kier molecular flexibility index (Phi) is 4.57. The Morgan fingerprint density at radius 3 is 2.79 bits per heavy atom. The number of hydrogen-bond acceptors (Lipinski definition) is 5. The van der Waals surface area contributed by atoms with Crippen molar-refractivity contribution < 1.29 is 14.3 Å². The molecule has 1 heterocycles. The maximum atomic E-state index is 10.3. The van der Waals surface area contributed by atoms with Crippen LogP contribution in [0, 0.1) is 0 Å². The van der Waals surface area contributed by atoms with Crippen molar-refractivity contribution in [2.24, 2.45) is 0 Å². The van der Waals surface area contributed by atoms with E-state index >= 15 is 0 Å². The van der Waals surface area contributed by atoms with Crippen LogP contribution in [-0.4, -0.2) is 36.1 Å². The van der Waals surface area contributed by atoms with Gasteiger partial charge in [0.05, 0.1) is 19.0 Å². The Labute approximate surface area is 82.1 Å². The Hall–Kier alpha value is -1.49. The summed E-state index contributed by atoms with van der Waals surface area (Å²) in [5.74, 6) is 0.398. The Morgan fingerprint density at radius 2 is 2.21 bits per heavy atom. The molecule has 5 nitrogen and oxygen atoms in total. The summed E-state index contributed by atoms with van der Waals surface area (Å²) in [5.41, 5.74) is 0.294. The molecule has 0 saturated carbocycles. The predicted octanol–water partition coefficient (Wildman–Crippen LogP) is 0.704. The SMILES string of the molecule is CCOCCOc1cnc(C=O)cn1. The molecule has 14 heavy (non-hydrogen) atoms. The van der Waals surface area contributed by atoms with E-state index in [2.05, 4.69) is 9.97 Å². The van der Waals surface area contributed by atoms with Gasteiger partial charge in [0.15, 0.2) is 6.29 Å². The minimum Gasteiger partial charge on any atom is -0.474 e. The van der Waals surface area contributed by atoms with E-state index < -0.39 is 0 Å². The van der Waals surface area contributed by atoms with E-state index in [1.54, 1.807) is 0 Å². The van der Waals surface area contributed by atoms with E-state index in [1.165, 1.54) is 12.4 Å². The molecule has 0 unspecified atom stereocenters. The van der Waals surface area contributed by atoms with Gasteiger partial charge in [0.2, 0.25) is 5.88 Å². The highest BCUT2D eigenvalue weighted by Gasteiger charge is 1.96. The molecule has 0 aliphatic heterocycles. The van der Waals surface area contributed by atoms with Gasteiger partial charge in [-0.3, -0.25) is 4.79 Å². The van der Waals surface area contributed by atoms with E-state index in [0.29, 0.717) is 37.7 Å². The van der Waals surface area contributed by atoms with Gasteiger partial charge < -0.3 is 9.47 Å². The summed E-state index contributed by atoms with van der Waals surface area (Å²) in [5, 5.41) is 0. The molecule has 76 valence electrons. The fraction of sp³-hybridized carbons (Fsp3) is 0.444. The average molecular weight is 196 g/mol. The normalized spacial score (nSPS) is 9.79. The molecule has 0 aliphatic carbocycles. The number of ether oxygens (including phenoxy) is 2. The van der Waals surface area contributed by atoms with Crippen LogP contribution in [0.15, 0.2) is 12.4 Å². The summed E-state index contributed by atoms with van der Waals surface area (Å²) < 4.78 is 10.3. The Balaban J connectivity index is 2.32. The largest absolute Gasteiger partial charge is 0.474 e. The van der Waals surface area contributed by atoms with Crippen molar-refractivity contribution in [3.8, 4) is 5.88 Å². The van der Waals surface area contributed by atoms with Gasteiger partial charge in [-0.1, -0.05) is 0 Å². The third-order valence-electron chi connectivity index (χ3n) is 1.45. The third kappa shape index (κ3) is 3.49. The van der Waals surface area contributed by atoms with Crippen LogP contribution in [0.5, 0.6) is 5.88 Å². The smallest absolute Gasteiger partial charge is 0.232 e. The topological polar surface area (TPSA) is 61.3 Å². The van der Waals surface area contributed by atoms with Crippen molar-refractivity contribution in [1.29, 1.82) is 0 Å². The monoisotopic (exact) mass is 196 g/mol. The van der Waals surface area contributed by atoms with E-state index in [-0.39, 0.29) is 0 Å². The quantitative estimate of drug-likeness (QED) is 0.495. The van der Waals surface area contributed by atoms with E-state index in [9.17, 15) is 4.79 Å². The van der Waals surface area contributed by atoms with Crippen molar-refractivity contribution in [2.75, 3.05) is 19.8 Å². The molecule has 0 aromatic carbocycles. The van der Waals surface area contributed by atoms with Gasteiger partial charge in [0, 0.05) is 6.61 Å². The Bertz CT molecular complexity index is 274.